The van der Waals surface area contributed by atoms with Gasteiger partial charge in [0.2, 0.25) is 17.8 Å². The lowest BCUT2D eigenvalue weighted by atomic mass is 10.1. The van der Waals surface area contributed by atoms with E-state index < -0.39 is 6.23 Å². The van der Waals surface area contributed by atoms with Gasteiger partial charge < -0.3 is 20.6 Å². The number of halogens is 1. The van der Waals surface area contributed by atoms with Crippen LogP contribution in [0.15, 0.2) is 48.7 Å². The fourth-order valence-electron chi connectivity index (χ4n) is 4.47. The molecule has 1 atom stereocenters. The summed E-state index contributed by atoms with van der Waals surface area (Å²) in [4.78, 5) is 34.9. The predicted octanol–water partition coefficient (Wildman–Crippen LogP) is 3.63. The van der Waals surface area contributed by atoms with Gasteiger partial charge in [0.25, 0.3) is 0 Å². The monoisotopic (exact) mass is 506 g/mol. The van der Waals surface area contributed by atoms with E-state index in [1.807, 2.05) is 35.2 Å². The molecule has 0 spiro atoms. The Bertz CT molecular complexity index is 1280. The van der Waals surface area contributed by atoms with Crippen LogP contribution in [0.1, 0.15) is 36.6 Å². The molecule has 10 heteroatoms. The molecule has 4 N–H and O–H groups in total. The quantitative estimate of drug-likeness (QED) is 0.272. The average molecular weight is 507 g/mol. The molecule has 1 aromatic heterocycles. The average Bonchev–Trinajstić information content (AvgIpc) is 3.21. The van der Waals surface area contributed by atoms with Crippen molar-refractivity contribution in [2.45, 2.75) is 31.9 Å². The van der Waals surface area contributed by atoms with Crippen molar-refractivity contribution in [3.8, 4) is 11.3 Å². The van der Waals surface area contributed by atoms with Crippen molar-refractivity contribution in [1.29, 1.82) is 0 Å². The summed E-state index contributed by atoms with van der Waals surface area (Å²) in [5, 5.41) is 20.1. The molecule has 0 radical (unpaired) electrons. The van der Waals surface area contributed by atoms with Gasteiger partial charge in [-0.05, 0) is 55.3 Å². The number of nitrogens with one attached hydrogen (secondary N) is 3. The number of hydrogen-bond donors (Lipinski definition) is 4. The van der Waals surface area contributed by atoms with Crippen molar-refractivity contribution < 1.29 is 14.7 Å². The highest BCUT2D eigenvalue weighted by Crippen LogP contribution is 2.34. The molecule has 3 aromatic rings. The van der Waals surface area contributed by atoms with E-state index in [2.05, 4.69) is 25.9 Å². The number of aliphatic hydroxyl groups excluding tert-OH is 1. The fraction of sp³-hybridized carbons (Fsp3) is 0.308. The molecule has 2 aliphatic rings. The Balaban J connectivity index is 1.22. The number of carbonyl (C=O) groups excluding carboxylic acids is 2. The van der Waals surface area contributed by atoms with Crippen molar-refractivity contribution in [1.82, 2.24) is 20.2 Å². The number of nitrogens with zero attached hydrogens (tertiary/aromatic N) is 3. The Kier molecular flexibility index (Phi) is 7.13. The van der Waals surface area contributed by atoms with E-state index >= 15 is 0 Å². The van der Waals surface area contributed by atoms with E-state index in [0.717, 1.165) is 41.8 Å². The van der Waals surface area contributed by atoms with E-state index in [1.165, 1.54) is 0 Å². The molecule has 2 amide bonds. The molecular formula is C26H27ClN6O3. The largest absolute Gasteiger partial charge is 0.374 e. The zero-order chi connectivity index (χ0) is 25.1. The summed E-state index contributed by atoms with van der Waals surface area (Å²) < 4.78 is 0. The van der Waals surface area contributed by atoms with Crippen LogP contribution in [0.2, 0.25) is 5.02 Å². The van der Waals surface area contributed by atoms with Crippen LogP contribution < -0.4 is 16.0 Å². The zero-order valence-corrected chi connectivity index (χ0v) is 20.4. The molecule has 2 aliphatic heterocycles. The van der Waals surface area contributed by atoms with Crippen molar-refractivity contribution in [2.24, 2.45) is 0 Å². The van der Waals surface area contributed by atoms with Gasteiger partial charge in [0.15, 0.2) is 0 Å². The van der Waals surface area contributed by atoms with E-state index in [1.54, 1.807) is 18.3 Å². The molecule has 1 unspecified atom stereocenters. The van der Waals surface area contributed by atoms with Gasteiger partial charge in [-0.3, -0.25) is 14.9 Å². The van der Waals surface area contributed by atoms with Gasteiger partial charge in [-0.2, -0.15) is 0 Å². The number of fused-ring (bicyclic) bond motifs is 3. The third kappa shape index (κ3) is 5.48. The Morgan fingerprint density at radius 3 is 2.78 bits per heavy atom. The molecule has 186 valence electrons. The number of amides is 2. The summed E-state index contributed by atoms with van der Waals surface area (Å²) in [6, 6.07) is 12.7. The van der Waals surface area contributed by atoms with Crippen LogP contribution in [0.3, 0.4) is 0 Å². The first-order valence-corrected chi connectivity index (χ1v) is 12.4. The smallest absolute Gasteiger partial charge is 0.228 e. The maximum atomic E-state index is 12.3. The third-order valence-corrected chi connectivity index (χ3v) is 6.56. The predicted molar refractivity (Wildman–Crippen MR) is 138 cm³/mol. The second-order valence-electron chi connectivity index (χ2n) is 8.92. The molecule has 5 rings (SSSR count). The first kappa shape index (κ1) is 24.2. The number of rotatable bonds is 8. The lowest BCUT2D eigenvalue weighted by Crippen LogP contribution is -2.29. The summed E-state index contributed by atoms with van der Waals surface area (Å²) in [5.74, 6) is 0.469. The molecular weight excluding hydrogens is 480 g/mol. The van der Waals surface area contributed by atoms with Gasteiger partial charge in [-0.25, -0.2) is 9.97 Å². The number of likely N-dealkylation sites (tertiary alicyclic amines) is 1. The Labute approximate surface area is 213 Å². The molecule has 0 bridgehead atoms. The van der Waals surface area contributed by atoms with E-state index in [-0.39, 0.29) is 18.2 Å². The number of anilines is 3. The van der Waals surface area contributed by atoms with Gasteiger partial charge in [-0.1, -0.05) is 23.7 Å². The van der Waals surface area contributed by atoms with Crippen molar-refractivity contribution in [2.75, 3.05) is 30.3 Å². The van der Waals surface area contributed by atoms with Gasteiger partial charge in [0.05, 0.1) is 17.8 Å². The minimum absolute atomic E-state index is 0.145. The van der Waals surface area contributed by atoms with Crippen molar-refractivity contribution >= 4 is 40.7 Å². The molecule has 2 aromatic carbocycles. The minimum Gasteiger partial charge on any atom is -0.374 e. The standard InChI is InChI=1S/C26H27ClN6O3/c27-18-6-9-20-21(14-18)31-22(34)13-17-15-29-26(32-24(17)20)30-19-7-4-16(5-8-19)25(36)28-10-2-12-33-11-1-3-23(33)35/h4-9,14-15,25,28,36H,1-3,10-13H2,(H,31,34)(H,29,30,32). The first-order valence-electron chi connectivity index (χ1n) is 12.0. The van der Waals surface area contributed by atoms with E-state index in [9.17, 15) is 14.7 Å². The lowest BCUT2D eigenvalue weighted by molar-refractivity contribution is -0.127. The van der Waals surface area contributed by atoms with Crippen LogP contribution in [0.4, 0.5) is 17.3 Å². The number of benzene rings is 2. The van der Waals surface area contributed by atoms with Gasteiger partial charge >= 0.3 is 0 Å². The highest BCUT2D eigenvalue weighted by Gasteiger charge is 2.22. The van der Waals surface area contributed by atoms with Crippen LogP contribution in [-0.4, -0.2) is 51.4 Å². The molecule has 0 saturated carbocycles. The summed E-state index contributed by atoms with van der Waals surface area (Å²) in [6.07, 6.45) is 3.40. The fourth-order valence-corrected chi connectivity index (χ4v) is 4.64. The van der Waals surface area contributed by atoms with Gasteiger partial charge in [0, 0.05) is 47.5 Å². The summed E-state index contributed by atoms with van der Waals surface area (Å²) in [6.45, 7) is 2.15. The second kappa shape index (κ2) is 10.6. The molecule has 1 saturated heterocycles. The summed E-state index contributed by atoms with van der Waals surface area (Å²) >= 11 is 6.11. The van der Waals surface area contributed by atoms with Crippen LogP contribution in [0.5, 0.6) is 0 Å². The highest BCUT2D eigenvalue weighted by atomic mass is 35.5. The first-order chi connectivity index (χ1) is 17.5. The van der Waals surface area contributed by atoms with Crippen LogP contribution in [-0.2, 0) is 16.0 Å². The molecule has 9 nitrogen and oxygen atoms in total. The number of hydrogen-bond acceptors (Lipinski definition) is 7. The molecule has 36 heavy (non-hydrogen) atoms. The Morgan fingerprint density at radius 1 is 1.17 bits per heavy atom. The Morgan fingerprint density at radius 2 is 2.00 bits per heavy atom. The number of aliphatic hydroxyl groups is 1. The zero-order valence-electron chi connectivity index (χ0n) is 19.6. The van der Waals surface area contributed by atoms with Crippen LogP contribution in [0.25, 0.3) is 11.3 Å². The maximum Gasteiger partial charge on any atom is 0.228 e. The van der Waals surface area contributed by atoms with E-state index in [4.69, 9.17) is 11.6 Å². The number of aromatic nitrogens is 2. The minimum atomic E-state index is -0.801. The highest BCUT2D eigenvalue weighted by molar-refractivity contribution is 6.31. The molecule has 1 fully saturated rings. The van der Waals surface area contributed by atoms with Crippen molar-refractivity contribution in [3.05, 3.63) is 64.8 Å². The molecule has 0 aliphatic carbocycles. The third-order valence-electron chi connectivity index (χ3n) is 6.32. The van der Waals surface area contributed by atoms with Gasteiger partial charge in [-0.15, -0.1) is 0 Å². The SMILES string of the molecule is O=C1Cc2cnc(Nc3ccc(C(O)NCCCN4CCCC4=O)cc3)nc2-c2ccc(Cl)cc2N1. The second-order valence-corrected chi connectivity index (χ2v) is 9.36. The van der Waals surface area contributed by atoms with Crippen LogP contribution in [0, 0.1) is 0 Å². The van der Waals surface area contributed by atoms with Gasteiger partial charge in [0.1, 0.15) is 6.23 Å². The molecule has 3 heterocycles. The number of carbonyl (C=O) groups is 2. The Hall–Kier alpha value is -3.53. The van der Waals surface area contributed by atoms with Crippen LogP contribution >= 0.6 is 11.6 Å². The van der Waals surface area contributed by atoms with Crippen molar-refractivity contribution in [3.63, 3.8) is 0 Å². The van der Waals surface area contributed by atoms with E-state index in [0.29, 0.717) is 41.9 Å². The maximum absolute atomic E-state index is 12.3. The summed E-state index contributed by atoms with van der Waals surface area (Å²) in [7, 11) is 0. The normalized spacial score (nSPS) is 15.7. The topological polar surface area (TPSA) is 119 Å². The summed E-state index contributed by atoms with van der Waals surface area (Å²) in [5.41, 5.74) is 4.30. The lowest BCUT2D eigenvalue weighted by Gasteiger charge is -2.17.